The fraction of sp³-hybridized carbons (Fsp3) is 0.321. The lowest BCUT2D eigenvalue weighted by Gasteiger charge is -2.43. The van der Waals surface area contributed by atoms with E-state index in [9.17, 15) is 9.59 Å². The predicted molar refractivity (Wildman–Crippen MR) is 140 cm³/mol. The number of carbonyl (C=O) groups is 2. The summed E-state index contributed by atoms with van der Waals surface area (Å²) in [5.74, 6) is 0.0158. The van der Waals surface area contributed by atoms with Gasteiger partial charge < -0.3 is 15.4 Å². The second-order valence-electron chi connectivity index (χ2n) is 10.3. The van der Waals surface area contributed by atoms with Crippen LogP contribution in [-0.2, 0) is 10.3 Å². The molecule has 2 aromatic carbocycles. The molecular weight excluding hydrogens is 468 g/mol. The number of hydrogen-bond acceptors (Lipinski definition) is 6. The van der Waals surface area contributed by atoms with Gasteiger partial charge in [0.15, 0.2) is 0 Å². The van der Waals surface area contributed by atoms with Crippen LogP contribution in [0.3, 0.4) is 0 Å². The molecule has 2 N–H and O–H groups in total. The highest BCUT2D eigenvalue weighted by atomic mass is 16.6. The minimum atomic E-state index is -0.559. The van der Waals surface area contributed by atoms with Crippen LogP contribution in [0.25, 0.3) is 28.2 Å². The van der Waals surface area contributed by atoms with Gasteiger partial charge in [0.2, 0.25) is 5.82 Å². The van der Waals surface area contributed by atoms with E-state index >= 15 is 0 Å². The molecule has 0 unspecified atom stereocenters. The number of carbonyl (C=O) groups excluding carboxylic acids is 2. The zero-order valence-corrected chi connectivity index (χ0v) is 21.4. The van der Waals surface area contributed by atoms with Gasteiger partial charge in [0.1, 0.15) is 5.60 Å². The Kier molecular flexibility index (Phi) is 6.15. The SMILES string of the molecule is CNC(=O)c1nc2nc(-c3ccc(C4(NC(=O)OC(C)(C)C)CCC4)cc3)c(-c3ccccc3)cn2n1. The first-order valence-corrected chi connectivity index (χ1v) is 12.3. The Bertz CT molecular complexity index is 1450. The van der Waals surface area contributed by atoms with Gasteiger partial charge in [-0.15, -0.1) is 5.10 Å². The largest absolute Gasteiger partial charge is 0.444 e. The van der Waals surface area contributed by atoms with Gasteiger partial charge in [0, 0.05) is 24.4 Å². The lowest BCUT2D eigenvalue weighted by atomic mass is 9.71. The molecule has 1 aliphatic carbocycles. The van der Waals surface area contributed by atoms with E-state index in [2.05, 4.69) is 20.7 Å². The molecule has 37 heavy (non-hydrogen) atoms. The molecule has 0 radical (unpaired) electrons. The molecule has 2 amide bonds. The first-order valence-electron chi connectivity index (χ1n) is 12.3. The van der Waals surface area contributed by atoms with Gasteiger partial charge in [0.25, 0.3) is 11.7 Å². The molecule has 9 nitrogen and oxygen atoms in total. The molecule has 1 fully saturated rings. The van der Waals surface area contributed by atoms with Crippen LogP contribution in [0.15, 0.2) is 60.8 Å². The van der Waals surface area contributed by atoms with Gasteiger partial charge in [-0.05, 0) is 51.2 Å². The van der Waals surface area contributed by atoms with Gasteiger partial charge in [0.05, 0.1) is 11.2 Å². The van der Waals surface area contributed by atoms with Crippen molar-refractivity contribution < 1.29 is 14.3 Å². The van der Waals surface area contributed by atoms with Gasteiger partial charge in [-0.3, -0.25) is 4.79 Å². The number of nitrogens with zero attached hydrogens (tertiary/aromatic N) is 4. The second kappa shape index (κ2) is 9.31. The fourth-order valence-electron chi connectivity index (χ4n) is 4.54. The molecule has 4 aromatic rings. The molecule has 0 bridgehead atoms. The average molecular weight is 499 g/mol. The van der Waals surface area contributed by atoms with E-state index < -0.39 is 17.2 Å². The van der Waals surface area contributed by atoms with Crippen molar-refractivity contribution in [1.29, 1.82) is 0 Å². The van der Waals surface area contributed by atoms with Crippen LogP contribution in [0.5, 0.6) is 0 Å². The Hall–Kier alpha value is -4.27. The van der Waals surface area contributed by atoms with Crippen molar-refractivity contribution >= 4 is 17.8 Å². The van der Waals surface area contributed by atoms with Crippen molar-refractivity contribution in [3.8, 4) is 22.4 Å². The summed E-state index contributed by atoms with van der Waals surface area (Å²) in [7, 11) is 1.54. The predicted octanol–water partition coefficient (Wildman–Crippen LogP) is 4.72. The minimum absolute atomic E-state index is 0.0571. The molecule has 0 atom stereocenters. The van der Waals surface area contributed by atoms with Gasteiger partial charge in [-0.1, -0.05) is 54.6 Å². The summed E-state index contributed by atoms with van der Waals surface area (Å²) in [6.45, 7) is 5.57. The summed E-state index contributed by atoms with van der Waals surface area (Å²) < 4.78 is 7.04. The van der Waals surface area contributed by atoms with Crippen molar-refractivity contribution in [3.05, 3.63) is 72.2 Å². The molecule has 5 rings (SSSR count). The summed E-state index contributed by atoms with van der Waals surface area (Å²) in [6, 6.07) is 18.0. The number of nitrogens with one attached hydrogen (secondary N) is 2. The third kappa shape index (κ3) is 4.89. The molecular formula is C28H30N6O3. The number of fused-ring (bicyclic) bond motifs is 1. The summed E-state index contributed by atoms with van der Waals surface area (Å²) in [5, 5.41) is 9.96. The standard InChI is InChI=1S/C28H30N6O3/c1-27(2,3)37-26(36)32-28(15-8-16-28)20-13-11-19(12-14-20)22-21(18-9-6-5-7-10-18)17-34-25(30-22)31-23(33-34)24(35)29-4/h5-7,9-14,17H,8,15-16H2,1-4H3,(H,29,35)(H,32,36). The van der Waals surface area contributed by atoms with E-state index in [1.807, 2.05) is 81.6 Å². The molecule has 2 heterocycles. The maximum atomic E-state index is 12.5. The topological polar surface area (TPSA) is 111 Å². The van der Waals surface area contributed by atoms with E-state index in [1.165, 1.54) is 11.6 Å². The molecule has 2 aromatic heterocycles. The van der Waals surface area contributed by atoms with Crippen molar-refractivity contribution in [2.45, 2.75) is 51.2 Å². The molecule has 1 aliphatic rings. The van der Waals surface area contributed by atoms with Crippen molar-refractivity contribution in [2.75, 3.05) is 7.05 Å². The maximum absolute atomic E-state index is 12.5. The number of alkyl carbamates (subject to hydrolysis) is 1. The molecule has 0 saturated heterocycles. The monoisotopic (exact) mass is 498 g/mol. The Balaban J connectivity index is 1.53. The molecule has 190 valence electrons. The second-order valence-corrected chi connectivity index (χ2v) is 10.3. The molecule has 0 aliphatic heterocycles. The van der Waals surface area contributed by atoms with Crippen LogP contribution in [-0.4, -0.2) is 44.2 Å². The van der Waals surface area contributed by atoms with Gasteiger partial charge in [-0.2, -0.15) is 4.98 Å². The lowest BCUT2D eigenvalue weighted by Crippen LogP contribution is -2.52. The van der Waals surface area contributed by atoms with E-state index in [0.717, 1.165) is 47.2 Å². The number of amides is 2. The zero-order valence-electron chi connectivity index (χ0n) is 21.4. The first kappa shape index (κ1) is 24.4. The lowest BCUT2D eigenvalue weighted by molar-refractivity contribution is 0.0377. The fourth-order valence-corrected chi connectivity index (χ4v) is 4.54. The Morgan fingerprint density at radius 3 is 2.27 bits per heavy atom. The Labute approximate surface area is 215 Å². The van der Waals surface area contributed by atoms with E-state index in [0.29, 0.717) is 5.78 Å². The molecule has 1 saturated carbocycles. The van der Waals surface area contributed by atoms with Crippen LogP contribution in [0.4, 0.5) is 4.79 Å². The quantitative estimate of drug-likeness (QED) is 0.412. The maximum Gasteiger partial charge on any atom is 0.408 e. The van der Waals surface area contributed by atoms with Gasteiger partial charge >= 0.3 is 6.09 Å². The van der Waals surface area contributed by atoms with E-state index in [4.69, 9.17) is 9.72 Å². The number of hydrogen-bond donors (Lipinski definition) is 2. The van der Waals surface area contributed by atoms with Crippen molar-refractivity contribution in [2.24, 2.45) is 0 Å². The number of rotatable bonds is 5. The number of benzene rings is 2. The van der Waals surface area contributed by atoms with Crippen molar-refractivity contribution in [1.82, 2.24) is 30.2 Å². The summed E-state index contributed by atoms with van der Waals surface area (Å²) >= 11 is 0. The van der Waals surface area contributed by atoms with E-state index in [-0.39, 0.29) is 11.7 Å². The number of aromatic nitrogens is 4. The van der Waals surface area contributed by atoms with Crippen LogP contribution in [0.2, 0.25) is 0 Å². The normalized spacial score (nSPS) is 14.6. The molecule has 9 heteroatoms. The zero-order chi connectivity index (χ0) is 26.2. The highest BCUT2D eigenvalue weighted by molar-refractivity contribution is 5.90. The van der Waals surface area contributed by atoms with Crippen LogP contribution < -0.4 is 10.6 Å². The Morgan fingerprint density at radius 2 is 1.68 bits per heavy atom. The Morgan fingerprint density at radius 1 is 0.973 bits per heavy atom. The summed E-state index contributed by atoms with van der Waals surface area (Å²) in [6.07, 6.45) is 4.18. The molecule has 0 spiro atoms. The van der Waals surface area contributed by atoms with Crippen LogP contribution >= 0.6 is 0 Å². The van der Waals surface area contributed by atoms with Gasteiger partial charge in [-0.25, -0.2) is 14.3 Å². The van der Waals surface area contributed by atoms with Crippen LogP contribution in [0.1, 0.15) is 56.2 Å². The smallest absolute Gasteiger partial charge is 0.408 e. The third-order valence-corrected chi connectivity index (χ3v) is 6.50. The van der Waals surface area contributed by atoms with E-state index in [1.54, 1.807) is 0 Å². The summed E-state index contributed by atoms with van der Waals surface area (Å²) in [5.41, 5.74) is 3.48. The number of ether oxygens (including phenoxy) is 1. The first-order chi connectivity index (χ1) is 17.7. The van der Waals surface area contributed by atoms with Crippen LogP contribution in [0, 0.1) is 0 Å². The third-order valence-electron chi connectivity index (χ3n) is 6.50. The highest BCUT2D eigenvalue weighted by Gasteiger charge is 2.41. The highest BCUT2D eigenvalue weighted by Crippen LogP contribution is 2.42. The van der Waals surface area contributed by atoms with Crippen molar-refractivity contribution in [3.63, 3.8) is 0 Å². The summed E-state index contributed by atoms with van der Waals surface area (Å²) in [4.78, 5) is 33.7. The minimum Gasteiger partial charge on any atom is -0.444 e. The average Bonchev–Trinajstić information content (AvgIpc) is 3.28.